The highest BCUT2D eigenvalue weighted by molar-refractivity contribution is 8.39. The van der Waals surface area contributed by atoms with Gasteiger partial charge in [-0.05, 0) is 28.8 Å². The van der Waals surface area contributed by atoms with Gasteiger partial charge in [-0.25, -0.2) is 0 Å². The number of carbonyl (C=O) groups is 1. The van der Waals surface area contributed by atoms with Crippen LogP contribution in [0.3, 0.4) is 0 Å². The molecule has 4 atom stereocenters. The van der Waals surface area contributed by atoms with E-state index in [9.17, 15) is 4.79 Å². The Bertz CT molecular complexity index is 1190. The van der Waals surface area contributed by atoms with Crippen LogP contribution < -0.4 is 4.74 Å². The molecule has 170 valence electrons. The van der Waals surface area contributed by atoms with Gasteiger partial charge in [-0.2, -0.15) is 0 Å². The van der Waals surface area contributed by atoms with Gasteiger partial charge in [-0.3, -0.25) is 4.79 Å². The molecule has 3 aromatic carbocycles. The average molecular weight is 529 g/mol. The quantitative estimate of drug-likeness (QED) is 0.246. The van der Waals surface area contributed by atoms with E-state index in [1.165, 1.54) is 17.3 Å². The molecular weight excluding hydrogens is 503 g/mol. The van der Waals surface area contributed by atoms with Gasteiger partial charge >= 0.3 is 0 Å². The zero-order valence-electron chi connectivity index (χ0n) is 19.0. The normalized spacial score (nSPS) is 31.1. The lowest BCUT2D eigenvalue weighted by Gasteiger charge is -2.55. The summed E-state index contributed by atoms with van der Waals surface area (Å²) in [5.41, 5.74) is 3.36. The predicted molar refractivity (Wildman–Crippen MR) is 147 cm³/mol. The fourth-order valence-electron chi connectivity index (χ4n) is 5.47. The maximum atomic E-state index is 14.4. The number of hydrogen-bond acceptors (Lipinski definition) is 4. The minimum atomic E-state index is -2.12. The number of hydrogen-bond donors (Lipinski definition) is 0. The molecule has 2 nitrogen and oxygen atoms in total. The first-order chi connectivity index (χ1) is 15.7. The molecule has 0 amide bonds. The maximum absolute atomic E-state index is 14.4. The summed E-state index contributed by atoms with van der Waals surface area (Å²) in [5.74, 6) is 0.789. The number of fused-ring (bicyclic) bond motifs is 2. The first kappa shape index (κ1) is 23.5. The standard InChI is InChI=1S/C26H26ClO2PS2Si/c1-29-22-17-15-19(16-18-22)24-23(28)31-26(32-24,21-13-9-6-10-14-21)30(27)25(24,33(2,3)4)20-11-7-5-8-12-20/h5-18H,1-4H3/t24-,25?,26-,30?/m1/s1. The van der Waals surface area contributed by atoms with E-state index in [4.69, 9.17) is 16.0 Å². The van der Waals surface area contributed by atoms with Crippen LogP contribution in [0.1, 0.15) is 16.7 Å². The van der Waals surface area contributed by atoms with Crippen molar-refractivity contribution in [3.05, 3.63) is 102 Å². The average Bonchev–Trinajstić information content (AvgIpc) is 3.27. The molecule has 5 rings (SSSR count). The Hall–Kier alpha value is -1.23. The Kier molecular flexibility index (Phi) is 5.82. The lowest BCUT2D eigenvalue weighted by Crippen LogP contribution is -2.60. The Balaban J connectivity index is 1.89. The zero-order valence-corrected chi connectivity index (χ0v) is 23.3. The van der Waals surface area contributed by atoms with Crippen LogP contribution in [0, 0.1) is 0 Å². The Morgan fingerprint density at radius 1 is 0.818 bits per heavy atom. The third kappa shape index (κ3) is 3.02. The molecule has 0 aromatic heterocycles. The van der Waals surface area contributed by atoms with Crippen LogP contribution in [0.5, 0.6) is 5.75 Å². The lowest BCUT2D eigenvalue weighted by molar-refractivity contribution is -0.113. The van der Waals surface area contributed by atoms with Crippen LogP contribution in [0.25, 0.3) is 0 Å². The van der Waals surface area contributed by atoms with E-state index in [0.717, 1.165) is 16.9 Å². The predicted octanol–water partition coefficient (Wildman–Crippen LogP) is 8.13. The molecule has 2 saturated heterocycles. The van der Waals surface area contributed by atoms with Gasteiger partial charge in [0, 0.05) is 7.27 Å². The van der Waals surface area contributed by atoms with Crippen molar-refractivity contribution in [3.63, 3.8) is 0 Å². The Morgan fingerprint density at radius 3 is 1.88 bits per heavy atom. The molecule has 3 aromatic rings. The smallest absolute Gasteiger partial charge is 0.212 e. The minimum Gasteiger partial charge on any atom is -0.497 e. The van der Waals surface area contributed by atoms with Crippen molar-refractivity contribution in [1.82, 2.24) is 0 Å². The van der Waals surface area contributed by atoms with Crippen molar-refractivity contribution in [2.45, 2.75) is 33.0 Å². The second-order valence-corrected chi connectivity index (χ2v) is 21.5. The van der Waals surface area contributed by atoms with Crippen molar-refractivity contribution in [2.24, 2.45) is 0 Å². The molecule has 2 fully saturated rings. The molecule has 2 aliphatic rings. The van der Waals surface area contributed by atoms with Gasteiger partial charge in [-0.1, -0.05) is 115 Å². The molecule has 7 heteroatoms. The van der Waals surface area contributed by atoms with Crippen LogP contribution in [0.15, 0.2) is 84.9 Å². The van der Waals surface area contributed by atoms with E-state index in [0.29, 0.717) is 0 Å². The Morgan fingerprint density at radius 2 is 1.36 bits per heavy atom. The van der Waals surface area contributed by atoms with Crippen LogP contribution >= 0.6 is 42.0 Å². The summed E-state index contributed by atoms with van der Waals surface area (Å²) >= 11 is 11.0. The highest BCUT2D eigenvalue weighted by atomic mass is 35.7. The molecule has 0 saturated carbocycles. The summed E-state index contributed by atoms with van der Waals surface area (Å²) in [6, 6.07) is 29.1. The summed E-state index contributed by atoms with van der Waals surface area (Å²) < 4.78 is 3.73. The minimum absolute atomic E-state index is 0.215. The summed E-state index contributed by atoms with van der Waals surface area (Å²) in [6.45, 7) is 7.13. The number of thioether (sulfide) groups is 2. The van der Waals surface area contributed by atoms with Crippen molar-refractivity contribution in [1.29, 1.82) is 0 Å². The second kappa shape index (κ2) is 8.17. The van der Waals surface area contributed by atoms with Crippen LogP contribution in [0.4, 0.5) is 0 Å². The van der Waals surface area contributed by atoms with E-state index in [-0.39, 0.29) is 5.12 Å². The first-order valence-electron chi connectivity index (χ1n) is 10.9. The zero-order chi connectivity index (χ0) is 23.5. The maximum Gasteiger partial charge on any atom is 0.212 e. The van der Waals surface area contributed by atoms with Crippen LogP contribution in [-0.2, 0) is 18.1 Å². The highest BCUT2D eigenvalue weighted by Crippen LogP contribution is 2.97. The molecule has 2 heterocycles. The van der Waals surface area contributed by atoms with E-state index < -0.39 is 28.7 Å². The fourth-order valence-corrected chi connectivity index (χ4v) is 23.9. The van der Waals surface area contributed by atoms with Crippen molar-refractivity contribution in [3.8, 4) is 5.75 Å². The van der Waals surface area contributed by atoms with Crippen molar-refractivity contribution in [2.75, 3.05) is 7.11 Å². The third-order valence-electron chi connectivity index (χ3n) is 6.78. The van der Waals surface area contributed by atoms with Gasteiger partial charge in [0.1, 0.15) is 14.3 Å². The molecule has 0 spiro atoms. The molecule has 0 aliphatic carbocycles. The summed E-state index contributed by atoms with van der Waals surface area (Å²) in [6.07, 6.45) is 0. The third-order valence-corrected chi connectivity index (χ3v) is 22.0. The molecular formula is C26H26ClO2PS2Si. The van der Waals surface area contributed by atoms with Gasteiger partial charge in [0.25, 0.3) is 0 Å². The Labute approximate surface area is 211 Å². The first-order valence-corrected chi connectivity index (χ1v) is 18.3. The number of ether oxygens (including phenoxy) is 1. The highest BCUT2D eigenvalue weighted by Gasteiger charge is 2.82. The van der Waals surface area contributed by atoms with Gasteiger partial charge in [0.2, 0.25) is 5.12 Å². The van der Waals surface area contributed by atoms with Crippen LogP contribution in [0.2, 0.25) is 19.6 Å². The molecule has 33 heavy (non-hydrogen) atoms. The molecule has 2 aliphatic heterocycles. The monoisotopic (exact) mass is 528 g/mol. The lowest BCUT2D eigenvalue weighted by atomic mass is 9.90. The summed E-state index contributed by atoms with van der Waals surface area (Å²) in [7, 11) is -1.60. The number of methoxy groups -OCH3 is 1. The summed E-state index contributed by atoms with van der Waals surface area (Å²) in [4.78, 5) is 14.4. The van der Waals surface area contributed by atoms with E-state index in [1.807, 2.05) is 24.3 Å². The number of benzene rings is 3. The molecule has 0 radical (unpaired) electrons. The number of rotatable bonds is 5. The van der Waals surface area contributed by atoms with E-state index >= 15 is 0 Å². The van der Waals surface area contributed by atoms with Gasteiger partial charge in [-0.15, -0.1) is 11.8 Å². The number of halogens is 1. The SMILES string of the molecule is COc1ccc([C@@]23S[C@@](c4ccccc4)(SC2=O)P(Cl)C3(c2ccccc2)[Si](C)(C)C)cc1. The van der Waals surface area contributed by atoms with Crippen molar-refractivity contribution < 1.29 is 9.53 Å². The van der Waals surface area contributed by atoms with Crippen molar-refractivity contribution >= 4 is 55.2 Å². The second-order valence-electron chi connectivity index (χ2n) is 9.46. The van der Waals surface area contributed by atoms with Gasteiger partial charge in [0.15, 0.2) is 0 Å². The molecule has 2 bridgehead atoms. The van der Waals surface area contributed by atoms with Gasteiger partial charge < -0.3 is 4.74 Å². The van der Waals surface area contributed by atoms with E-state index in [2.05, 4.69) is 80.3 Å². The van der Waals surface area contributed by atoms with Gasteiger partial charge in [0.05, 0.1) is 20.0 Å². The summed E-state index contributed by atoms with van der Waals surface area (Å²) in [5, 5.41) is 0.215. The molecule has 2 unspecified atom stereocenters. The van der Waals surface area contributed by atoms with Crippen LogP contribution in [-0.4, -0.2) is 20.3 Å². The number of carbonyl (C=O) groups excluding carboxylic acids is 1. The van der Waals surface area contributed by atoms with E-state index in [1.54, 1.807) is 18.9 Å². The molecule has 0 N–H and O–H groups in total. The topological polar surface area (TPSA) is 26.3 Å². The fraction of sp³-hybridized carbons (Fsp3) is 0.269. The largest absolute Gasteiger partial charge is 0.497 e.